The molecule has 2 aliphatic rings. The second kappa shape index (κ2) is 15.2. The van der Waals surface area contributed by atoms with Gasteiger partial charge in [0, 0.05) is 31.7 Å². The quantitative estimate of drug-likeness (QED) is 0.367. The number of amides is 3. The van der Waals surface area contributed by atoms with Crippen LogP contribution in [0, 0.1) is 5.92 Å². The number of likely N-dealkylation sites (tertiary alicyclic amines) is 2. The number of nitrogens with one attached hydrogen (secondary N) is 1. The molecule has 9 heteroatoms. The third-order valence-electron chi connectivity index (χ3n) is 8.12. The summed E-state index contributed by atoms with van der Waals surface area (Å²) in [6.45, 7) is 12.7. The highest BCUT2D eigenvalue weighted by Gasteiger charge is 2.28. The van der Waals surface area contributed by atoms with E-state index in [0.717, 1.165) is 64.0 Å². The number of nitrogens with zero attached hydrogens (tertiary/aromatic N) is 3. The Bertz CT molecular complexity index is 1180. The summed E-state index contributed by atoms with van der Waals surface area (Å²) in [5.41, 5.74) is 4.83. The largest absolute Gasteiger partial charge is 0.445 e. The molecule has 2 heterocycles. The molecule has 0 aromatic heterocycles. The van der Waals surface area contributed by atoms with Crippen LogP contribution >= 0.6 is 0 Å². The van der Waals surface area contributed by atoms with E-state index in [1.54, 1.807) is 20.8 Å². The second-order valence-corrected chi connectivity index (χ2v) is 12.7. The number of hydrazine groups is 1. The molecule has 1 N–H and O–H groups in total. The molecule has 4 rings (SSSR count). The minimum Gasteiger partial charge on any atom is -0.445 e. The number of piperidine rings is 2. The second-order valence-electron chi connectivity index (χ2n) is 12.7. The number of ether oxygens (including phenoxy) is 2. The fourth-order valence-electron chi connectivity index (χ4n) is 5.75. The third kappa shape index (κ3) is 9.99. The lowest BCUT2D eigenvalue weighted by molar-refractivity contribution is 0.0133. The summed E-state index contributed by atoms with van der Waals surface area (Å²) in [5.74, 6) is 0.740. The number of hydrogen-bond donors (Lipinski definition) is 1. The van der Waals surface area contributed by atoms with Crippen molar-refractivity contribution in [3.8, 4) is 0 Å². The van der Waals surface area contributed by atoms with Gasteiger partial charge >= 0.3 is 12.2 Å². The summed E-state index contributed by atoms with van der Waals surface area (Å²) in [6, 6.07) is 17.6. The SMILES string of the molecule is CCCN(NC(=O)c1ccc(C2CCN(CC3CCN(C(=O)OCc4ccccc4)CC3)CC2)cc1)C(=O)OC(C)(C)C. The average molecular weight is 593 g/mol. The minimum absolute atomic E-state index is 0.215. The molecular formula is C34H48N4O5. The minimum atomic E-state index is -0.638. The van der Waals surface area contributed by atoms with Gasteiger partial charge in [-0.05, 0) is 101 Å². The summed E-state index contributed by atoms with van der Waals surface area (Å²) < 4.78 is 10.9. The van der Waals surface area contributed by atoms with Crippen molar-refractivity contribution in [1.82, 2.24) is 20.2 Å². The summed E-state index contributed by atoms with van der Waals surface area (Å²) >= 11 is 0. The van der Waals surface area contributed by atoms with E-state index in [4.69, 9.17) is 9.47 Å². The van der Waals surface area contributed by atoms with E-state index < -0.39 is 11.7 Å². The van der Waals surface area contributed by atoms with E-state index in [1.807, 2.05) is 66.4 Å². The van der Waals surface area contributed by atoms with E-state index in [2.05, 4.69) is 10.3 Å². The van der Waals surface area contributed by atoms with Crippen molar-refractivity contribution < 1.29 is 23.9 Å². The molecule has 0 atom stereocenters. The maximum Gasteiger partial charge on any atom is 0.429 e. The monoisotopic (exact) mass is 592 g/mol. The Balaban J connectivity index is 1.17. The molecule has 0 bridgehead atoms. The van der Waals surface area contributed by atoms with Crippen molar-refractivity contribution in [3.63, 3.8) is 0 Å². The third-order valence-corrected chi connectivity index (χ3v) is 8.12. The number of rotatable bonds is 8. The van der Waals surface area contributed by atoms with Gasteiger partial charge in [-0.3, -0.25) is 10.2 Å². The molecule has 0 radical (unpaired) electrons. The Morgan fingerprint density at radius 2 is 1.56 bits per heavy atom. The molecule has 2 saturated heterocycles. The van der Waals surface area contributed by atoms with Crippen molar-refractivity contribution in [2.24, 2.45) is 5.92 Å². The Hall–Kier alpha value is -3.59. The highest BCUT2D eigenvalue weighted by Crippen LogP contribution is 2.30. The van der Waals surface area contributed by atoms with E-state index in [9.17, 15) is 14.4 Å². The maximum atomic E-state index is 12.9. The van der Waals surface area contributed by atoms with Gasteiger partial charge in [-0.15, -0.1) is 0 Å². The zero-order valence-corrected chi connectivity index (χ0v) is 26.2. The van der Waals surface area contributed by atoms with Gasteiger partial charge in [-0.2, -0.15) is 0 Å². The molecule has 9 nitrogen and oxygen atoms in total. The smallest absolute Gasteiger partial charge is 0.429 e. The van der Waals surface area contributed by atoms with Crippen LogP contribution < -0.4 is 5.43 Å². The molecule has 0 aliphatic carbocycles. The summed E-state index contributed by atoms with van der Waals surface area (Å²) in [6.07, 6.45) is 4.10. The van der Waals surface area contributed by atoms with Crippen LogP contribution in [0.3, 0.4) is 0 Å². The van der Waals surface area contributed by atoms with Gasteiger partial charge in [0.25, 0.3) is 5.91 Å². The first-order valence-electron chi connectivity index (χ1n) is 15.7. The summed E-state index contributed by atoms with van der Waals surface area (Å²) in [5, 5.41) is 1.25. The van der Waals surface area contributed by atoms with Crippen molar-refractivity contribution in [1.29, 1.82) is 0 Å². The molecule has 234 valence electrons. The maximum absolute atomic E-state index is 12.9. The van der Waals surface area contributed by atoms with Crippen LogP contribution in [0.1, 0.15) is 87.2 Å². The van der Waals surface area contributed by atoms with Crippen molar-refractivity contribution >= 4 is 18.1 Å². The molecule has 43 heavy (non-hydrogen) atoms. The van der Waals surface area contributed by atoms with Gasteiger partial charge < -0.3 is 19.3 Å². The average Bonchev–Trinajstić information content (AvgIpc) is 3.00. The highest BCUT2D eigenvalue weighted by atomic mass is 16.6. The molecule has 0 unspecified atom stereocenters. The van der Waals surface area contributed by atoms with Crippen LogP contribution in [-0.4, -0.2) is 77.8 Å². The molecule has 3 amide bonds. The number of hydrogen-bond acceptors (Lipinski definition) is 6. The van der Waals surface area contributed by atoms with Crippen LogP contribution in [0.15, 0.2) is 54.6 Å². The first-order chi connectivity index (χ1) is 20.6. The van der Waals surface area contributed by atoms with Gasteiger partial charge in [0.1, 0.15) is 12.2 Å². The van der Waals surface area contributed by atoms with Crippen LogP contribution in [0.25, 0.3) is 0 Å². The van der Waals surface area contributed by atoms with Crippen molar-refractivity contribution in [2.75, 3.05) is 39.3 Å². The van der Waals surface area contributed by atoms with Crippen LogP contribution in [0.2, 0.25) is 0 Å². The van der Waals surface area contributed by atoms with E-state index in [1.165, 1.54) is 10.6 Å². The number of carbonyl (C=O) groups excluding carboxylic acids is 3. The van der Waals surface area contributed by atoms with Crippen molar-refractivity contribution in [3.05, 3.63) is 71.3 Å². The molecule has 2 aromatic rings. The Labute approximate surface area is 256 Å². The normalized spacial score (nSPS) is 16.9. The molecule has 2 aliphatic heterocycles. The van der Waals surface area contributed by atoms with Gasteiger partial charge in [0.15, 0.2) is 0 Å². The molecular weight excluding hydrogens is 544 g/mol. The zero-order valence-electron chi connectivity index (χ0n) is 26.2. The molecule has 0 saturated carbocycles. The lowest BCUT2D eigenvalue weighted by atomic mass is 9.88. The fourth-order valence-corrected chi connectivity index (χ4v) is 5.75. The van der Waals surface area contributed by atoms with Crippen LogP contribution in [0.5, 0.6) is 0 Å². The van der Waals surface area contributed by atoms with Gasteiger partial charge in [0.05, 0.1) is 0 Å². The summed E-state index contributed by atoms with van der Waals surface area (Å²) in [7, 11) is 0. The van der Waals surface area contributed by atoms with Crippen LogP contribution in [-0.2, 0) is 16.1 Å². The predicted molar refractivity (Wildman–Crippen MR) is 166 cm³/mol. The Morgan fingerprint density at radius 3 is 2.16 bits per heavy atom. The van der Waals surface area contributed by atoms with E-state index in [0.29, 0.717) is 37.0 Å². The first kappa shape index (κ1) is 32.3. The topological polar surface area (TPSA) is 91.4 Å². The zero-order chi connectivity index (χ0) is 30.8. The van der Waals surface area contributed by atoms with Gasteiger partial charge in [-0.25, -0.2) is 14.6 Å². The summed E-state index contributed by atoms with van der Waals surface area (Å²) in [4.78, 5) is 42.3. The van der Waals surface area contributed by atoms with Gasteiger partial charge in [-0.1, -0.05) is 49.4 Å². The highest BCUT2D eigenvalue weighted by molar-refractivity contribution is 5.95. The van der Waals surface area contributed by atoms with Crippen molar-refractivity contribution in [2.45, 2.75) is 77.9 Å². The predicted octanol–water partition coefficient (Wildman–Crippen LogP) is 6.21. The lowest BCUT2D eigenvalue weighted by Gasteiger charge is -2.37. The van der Waals surface area contributed by atoms with Crippen LogP contribution in [0.4, 0.5) is 9.59 Å². The molecule has 0 spiro atoms. The first-order valence-corrected chi connectivity index (χ1v) is 15.7. The lowest BCUT2D eigenvalue weighted by Crippen LogP contribution is -2.48. The number of carbonyl (C=O) groups is 3. The molecule has 2 fully saturated rings. The van der Waals surface area contributed by atoms with E-state index in [-0.39, 0.29) is 12.0 Å². The fraction of sp³-hybridized carbons (Fsp3) is 0.559. The number of benzene rings is 2. The van der Waals surface area contributed by atoms with E-state index >= 15 is 0 Å². The Kier molecular flexibility index (Phi) is 11.4. The molecule has 2 aromatic carbocycles. The standard InChI is InChI=1S/C34H48N4O5/c1-5-19-38(33(41)43-34(2,3)4)35-31(39)30-13-11-28(12-14-30)29-17-20-36(21-18-29)24-26-15-22-37(23-16-26)32(40)42-25-27-9-7-6-8-10-27/h6-14,26,29H,5,15-25H2,1-4H3,(H,35,39). The Morgan fingerprint density at radius 1 is 0.907 bits per heavy atom. The van der Waals surface area contributed by atoms with Gasteiger partial charge in [0.2, 0.25) is 0 Å².